The molecule has 30 heavy (non-hydrogen) atoms. The van der Waals surface area contributed by atoms with Crippen LogP contribution in [0.25, 0.3) is 0 Å². The highest BCUT2D eigenvalue weighted by Gasteiger charge is 2.29. The molecule has 0 aliphatic carbocycles. The van der Waals surface area contributed by atoms with Crippen molar-refractivity contribution in [2.75, 3.05) is 31.1 Å². The van der Waals surface area contributed by atoms with Crippen LogP contribution in [0.15, 0.2) is 53.1 Å². The van der Waals surface area contributed by atoms with Crippen molar-refractivity contribution in [2.24, 2.45) is 0 Å². The van der Waals surface area contributed by atoms with Crippen molar-refractivity contribution < 1.29 is 14.3 Å². The lowest BCUT2D eigenvalue weighted by molar-refractivity contribution is 0.0829. The highest BCUT2D eigenvalue weighted by atomic mass is 16.3. The highest BCUT2D eigenvalue weighted by Crippen LogP contribution is 2.28. The smallest absolute Gasteiger partial charge is 0.181 e. The van der Waals surface area contributed by atoms with E-state index in [9.17, 15) is 9.90 Å². The summed E-state index contributed by atoms with van der Waals surface area (Å²) in [6.45, 7) is 9.80. The lowest BCUT2D eigenvalue weighted by atomic mass is 10.0. The average molecular weight is 408 g/mol. The predicted octanol–water partition coefficient (Wildman–Crippen LogP) is 3.85. The molecule has 1 aliphatic rings. The van der Waals surface area contributed by atoms with E-state index in [1.807, 2.05) is 57.2 Å². The van der Waals surface area contributed by atoms with Crippen LogP contribution >= 0.6 is 0 Å². The van der Waals surface area contributed by atoms with Gasteiger partial charge in [-0.2, -0.15) is 0 Å². The van der Waals surface area contributed by atoms with E-state index < -0.39 is 0 Å². The van der Waals surface area contributed by atoms with Gasteiger partial charge in [0.2, 0.25) is 0 Å². The molecule has 0 radical (unpaired) electrons. The molecule has 1 atom stereocenters. The van der Waals surface area contributed by atoms with Crippen LogP contribution in [0.1, 0.15) is 34.4 Å². The largest absolute Gasteiger partial charge is 0.506 e. The number of rotatable bonds is 6. The number of carbonyl (C=O) groups is 1. The Hall–Kier alpha value is -2.99. The SMILES string of the molecule is Cc1cc(C(=O)[C@H](C)N2CCN(c3ccccc3O)CC2)c(C)n1Cc1ccco1. The second kappa shape index (κ2) is 8.40. The topological polar surface area (TPSA) is 61.9 Å². The molecule has 0 unspecified atom stereocenters. The van der Waals surface area contributed by atoms with Crippen LogP contribution in [0.2, 0.25) is 0 Å². The second-order valence-electron chi connectivity index (χ2n) is 8.00. The first-order chi connectivity index (χ1) is 14.5. The Labute approximate surface area is 177 Å². The molecular weight excluding hydrogens is 378 g/mol. The van der Waals surface area contributed by atoms with Gasteiger partial charge >= 0.3 is 0 Å². The summed E-state index contributed by atoms with van der Waals surface area (Å²) in [6.07, 6.45) is 1.67. The minimum atomic E-state index is -0.186. The normalized spacial score (nSPS) is 16.0. The maximum absolute atomic E-state index is 13.3. The maximum Gasteiger partial charge on any atom is 0.181 e. The molecule has 0 saturated carbocycles. The third kappa shape index (κ3) is 3.87. The van der Waals surface area contributed by atoms with E-state index in [1.165, 1.54) is 0 Å². The van der Waals surface area contributed by atoms with Gasteiger partial charge in [0, 0.05) is 43.1 Å². The summed E-state index contributed by atoms with van der Waals surface area (Å²) in [5, 5.41) is 10.1. The molecule has 1 saturated heterocycles. The minimum Gasteiger partial charge on any atom is -0.506 e. The molecule has 3 heterocycles. The van der Waals surface area contributed by atoms with E-state index in [1.54, 1.807) is 12.3 Å². The molecular formula is C24H29N3O3. The highest BCUT2D eigenvalue weighted by molar-refractivity contribution is 6.01. The summed E-state index contributed by atoms with van der Waals surface area (Å²) in [6, 6.07) is 13.1. The molecule has 0 amide bonds. The Bertz CT molecular complexity index is 1010. The van der Waals surface area contributed by atoms with Crippen LogP contribution in [0.3, 0.4) is 0 Å². The number of aryl methyl sites for hydroxylation is 1. The zero-order valence-electron chi connectivity index (χ0n) is 17.8. The van der Waals surface area contributed by atoms with Gasteiger partial charge in [-0.25, -0.2) is 0 Å². The number of anilines is 1. The second-order valence-corrected chi connectivity index (χ2v) is 8.00. The molecule has 6 heteroatoms. The molecule has 158 valence electrons. The summed E-state index contributed by atoms with van der Waals surface area (Å²) in [5.41, 5.74) is 3.68. The van der Waals surface area contributed by atoms with Crippen molar-refractivity contribution in [3.8, 4) is 5.75 Å². The molecule has 1 aliphatic heterocycles. The molecule has 1 N–H and O–H groups in total. The van der Waals surface area contributed by atoms with Crippen molar-refractivity contribution in [3.63, 3.8) is 0 Å². The Morgan fingerprint density at radius 1 is 1.10 bits per heavy atom. The lowest BCUT2D eigenvalue weighted by Crippen LogP contribution is -2.51. The Kier molecular flexibility index (Phi) is 5.68. The summed E-state index contributed by atoms with van der Waals surface area (Å²) in [5.74, 6) is 1.34. The number of hydrogen-bond acceptors (Lipinski definition) is 5. The number of Topliss-reactive ketones (excluding diaryl/α,β-unsaturated/α-hetero) is 1. The molecule has 1 aromatic carbocycles. The monoisotopic (exact) mass is 407 g/mol. The van der Waals surface area contributed by atoms with E-state index >= 15 is 0 Å². The third-order valence-electron chi connectivity index (χ3n) is 6.20. The first kappa shape index (κ1) is 20.3. The lowest BCUT2D eigenvalue weighted by Gasteiger charge is -2.38. The number of hydrogen-bond donors (Lipinski definition) is 1. The van der Waals surface area contributed by atoms with Gasteiger partial charge in [-0.3, -0.25) is 9.69 Å². The molecule has 3 aromatic rings. The van der Waals surface area contributed by atoms with Gasteiger partial charge in [-0.15, -0.1) is 0 Å². The number of piperazine rings is 1. The summed E-state index contributed by atoms with van der Waals surface area (Å²) < 4.78 is 7.61. The van der Waals surface area contributed by atoms with Gasteiger partial charge in [0.05, 0.1) is 24.5 Å². The third-order valence-corrected chi connectivity index (χ3v) is 6.20. The molecule has 0 spiro atoms. The summed E-state index contributed by atoms with van der Waals surface area (Å²) in [4.78, 5) is 17.7. The number of para-hydroxylation sites is 2. The van der Waals surface area contributed by atoms with Crippen molar-refractivity contribution in [3.05, 3.63) is 71.4 Å². The molecule has 0 bridgehead atoms. The van der Waals surface area contributed by atoms with Gasteiger partial charge in [-0.1, -0.05) is 12.1 Å². The van der Waals surface area contributed by atoms with Crippen molar-refractivity contribution in [2.45, 2.75) is 33.4 Å². The van der Waals surface area contributed by atoms with Crippen molar-refractivity contribution in [1.29, 1.82) is 0 Å². The number of aromatic hydroxyl groups is 1. The van der Waals surface area contributed by atoms with E-state index in [0.29, 0.717) is 12.3 Å². The maximum atomic E-state index is 13.3. The van der Waals surface area contributed by atoms with Crippen LogP contribution in [-0.4, -0.2) is 52.6 Å². The van der Waals surface area contributed by atoms with Crippen LogP contribution in [0.4, 0.5) is 5.69 Å². The number of carbonyl (C=O) groups excluding carboxylic acids is 1. The quantitative estimate of drug-likeness (QED) is 0.629. The van der Waals surface area contributed by atoms with Crippen LogP contribution in [-0.2, 0) is 6.54 Å². The fourth-order valence-corrected chi connectivity index (χ4v) is 4.32. The summed E-state index contributed by atoms with van der Waals surface area (Å²) in [7, 11) is 0. The van der Waals surface area contributed by atoms with Crippen molar-refractivity contribution >= 4 is 11.5 Å². The fourth-order valence-electron chi connectivity index (χ4n) is 4.32. The Morgan fingerprint density at radius 2 is 1.83 bits per heavy atom. The van der Waals surface area contributed by atoms with E-state index in [-0.39, 0.29) is 11.8 Å². The number of phenols is 1. The van der Waals surface area contributed by atoms with Gasteiger partial charge in [0.25, 0.3) is 0 Å². The minimum absolute atomic E-state index is 0.157. The standard InChI is InChI=1S/C24H29N3O3/c1-17-15-21(18(2)27(17)16-20-7-6-14-30-20)24(29)19(3)25-10-12-26(13-11-25)22-8-4-5-9-23(22)28/h4-9,14-15,19,28H,10-13,16H2,1-3H3/t19-/m0/s1. The fraction of sp³-hybridized carbons (Fsp3) is 0.375. The number of phenolic OH excluding ortho intramolecular Hbond substituents is 1. The summed E-state index contributed by atoms with van der Waals surface area (Å²) >= 11 is 0. The van der Waals surface area contributed by atoms with Gasteiger partial charge in [0.15, 0.2) is 5.78 Å². The number of benzene rings is 1. The van der Waals surface area contributed by atoms with Crippen molar-refractivity contribution in [1.82, 2.24) is 9.47 Å². The van der Waals surface area contributed by atoms with Gasteiger partial charge < -0.3 is 19.0 Å². The number of ketones is 1. The van der Waals surface area contributed by atoms with E-state index in [4.69, 9.17) is 4.42 Å². The zero-order chi connectivity index (χ0) is 21.3. The first-order valence-corrected chi connectivity index (χ1v) is 10.5. The Morgan fingerprint density at radius 3 is 2.50 bits per heavy atom. The Balaban J connectivity index is 1.44. The van der Waals surface area contributed by atoms with Crippen LogP contribution in [0, 0.1) is 13.8 Å². The van der Waals surface area contributed by atoms with Crippen LogP contribution < -0.4 is 4.90 Å². The predicted molar refractivity (Wildman–Crippen MR) is 117 cm³/mol. The van der Waals surface area contributed by atoms with E-state index in [2.05, 4.69) is 14.4 Å². The van der Waals surface area contributed by atoms with Gasteiger partial charge in [0.1, 0.15) is 11.5 Å². The molecule has 2 aromatic heterocycles. The molecule has 4 rings (SSSR count). The molecule has 1 fully saturated rings. The number of aromatic nitrogens is 1. The number of nitrogens with zero attached hydrogens (tertiary/aromatic N) is 3. The van der Waals surface area contributed by atoms with Gasteiger partial charge in [-0.05, 0) is 51.1 Å². The first-order valence-electron chi connectivity index (χ1n) is 10.5. The van der Waals surface area contributed by atoms with Crippen LogP contribution in [0.5, 0.6) is 5.75 Å². The molecule has 6 nitrogen and oxygen atoms in total. The zero-order valence-corrected chi connectivity index (χ0v) is 17.8. The number of furan rings is 1. The average Bonchev–Trinajstić information content (AvgIpc) is 3.37. The van der Waals surface area contributed by atoms with E-state index in [0.717, 1.165) is 54.6 Å².